The van der Waals surface area contributed by atoms with E-state index < -0.39 is 10.0 Å². The molecule has 0 bridgehead atoms. The van der Waals surface area contributed by atoms with Crippen molar-refractivity contribution in [2.24, 2.45) is 5.92 Å². The average molecular weight is 340 g/mol. The van der Waals surface area contributed by atoms with Crippen molar-refractivity contribution in [2.75, 3.05) is 14.2 Å². The molecule has 0 saturated heterocycles. The van der Waals surface area contributed by atoms with E-state index in [4.69, 9.17) is 4.74 Å². The van der Waals surface area contributed by atoms with E-state index in [1.165, 1.54) is 26.3 Å². The average Bonchev–Trinajstić information content (AvgIpc) is 2.55. The van der Waals surface area contributed by atoms with E-state index in [1.54, 1.807) is 6.07 Å². The number of nitrogens with one attached hydrogen (secondary N) is 2. The summed E-state index contributed by atoms with van der Waals surface area (Å²) >= 11 is 0. The fraction of sp³-hybridized carbons (Fsp3) is 0.562. The van der Waals surface area contributed by atoms with Crippen LogP contribution in [0, 0.1) is 5.92 Å². The molecule has 0 aliphatic heterocycles. The second-order valence-corrected chi connectivity index (χ2v) is 7.62. The number of sulfonamides is 1. The molecule has 1 aliphatic carbocycles. The first kappa shape index (κ1) is 17.7. The van der Waals surface area contributed by atoms with Gasteiger partial charge in [-0.25, -0.2) is 13.1 Å². The number of hydrogen-bond acceptors (Lipinski definition) is 4. The summed E-state index contributed by atoms with van der Waals surface area (Å²) in [6, 6.07) is 4.32. The molecule has 2 N–H and O–H groups in total. The Kier molecular flexibility index (Phi) is 5.64. The van der Waals surface area contributed by atoms with Crippen LogP contribution in [-0.2, 0) is 10.0 Å². The van der Waals surface area contributed by atoms with Crippen LogP contribution in [-0.4, -0.2) is 34.5 Å². The molecule has 1 amide bonds. The van der Waals surface area contributed by atoms with Crippen LogP contribution in [0.2, 0.25) is 0 Å². The summed E-state index contributed by atoms with van der Waals surface area (Å²) < 4.78 is 33.5. The summed E-state index contributed by atoms with van der Waals surface area (Å²) in [5.41, 5.74) is 0.283. The summed E-state index contributed by atoms with van der Waals surface area (Å²) in [6.45, 7) is 2.06. The molecule has 0 heterocycles. The highest BCUT2D eigenvalue weighted by Crippen LogP contribution is 2.29. The Morgan fingerprint density at radius 1 is 1.26 bits per heavy atom. The minimum absolute atomic E-state index is 0.00104. The summed E-state index contributed by atoms with van der Waals surface area (Å²) in [5, 5.41) is 2.49. The highest BCUT2D eigenvalue weighted by atomic mass is 32.2. The third kappa shape index (κ3) is 4.03. The molecular weight excluding hydrogens is 316 g/mol. The monoisotopic (exact) mass is 340 g/mol. The molecule has 1 aromatic rings. The Bertz CT molecular complexity index is 673. The van der Waals surface area contributed by atoms with E-state index in [1.807, 2.05) is 0 Å². The van der Waals surface area contributed by atoms with Crippen molar-refractivity contribution in [3.8, 4) is 5.75 Å². The smallest absolute Gasteiger partial charge is 0.251 e. The van der Waals surface area contributed by atoms with Crippen molar-refractivity contribution in [3.63, 3.8) is 0 Å². The van der Waals surface area contributed by atoms with Crippen molar-refractivity contribution >= 4 is 15.9 Å². The van der Waals surface area contributed by atoms with Crippen LogP contribution in [0.15, 0.2) is 23.1 Å². The van der Waals surface area contributed by atoms with Gasteiger partial charge >= 0.3 is 0 Å². The lowest BCUT2D eigenvalue weighted by atomic mass is 9.87. The molecule has 128 valence electrons. The van der Waals surface area contributed by atoms with Gasteiger partial charge in [-0.3, -0.25) is 4.79 Å². The summed E-state index contributed by atoms with van der Waals surface area (Å²) in [4.78, 5) is 11.8. The quantitative estimate of drug-likeness (QED) is 0.857. The van der Waals surface area contributed by atoms with E-state index in [2.05, 4.69) is 17.0 Å². The van der Waals surface area contributed by atoms with Crippen molar-refractivity contribution in [2.45, 2.75) is 43.5 Å². The van der Waals surface area contributed by atoms with Gasteiger partial charge < -0.3 is 10.1 Å². The van der Waals surface area contributed by atoms with Gasteiger partial charge in [-0.1, -0.05) is 19.8 Å². The molecule has 7 heteroatoms. The third-order valence-corrected chi connectivity index (χ3v) is 5.87. The van der Waals surface area contributed by atoms with Crippen LogP contribution in [0.25, 0.3) is 0 Å². The molecular formula is C16H24N2O4S. The predicted molar refractivity (Wildman–Crippen MR) is 88.1 cm³/mol. The molecule has 1 aliphatic rings. The summed E-state index contributed by atoms with van der Waals surface area (Å²) in [7, 11) is -0.838. The van der Waals surface area contributed by atoms with Crippen molar-refractivity contribution in [3.05, 3.63) is 23.8 Å². The maximum atomic E-state index is 12.8. The van der Waals surface area contributed by atoms with E-state index >= 15 is 0 Å². The lowest BCUT2D eigenvalue weighted by molar-refractivity contribution is 0.0963. The fourth-order valence-corrected chi connectivity index (χ4v) is 4.50. The second kappa shape index (κ2) is 7.31. The Labute approximate surface area is 137 Å². The molecule has 6 nitrogen and oxygen atoms in total. The lowest BCUT2D eigenvalue weighted by Gasteiger charge is -2.29. The zero-order valence-corrected chi connectivity index (χ0v) is 14.6. The molecule has 1 fully saturated rings. The van der Waals surface area contributed by atoms with Gasteiger partial charge in [0.15, 0.2) is 0 Å². The SMILES string of the molecule is CNC(=O)c1ccc(OC)c(S(=O)(=O)N[C@@H]2CCCC[C@H]2C)c1. The fourth-order valence-electron chi connectivity index (χ4n) is 2.93. The predicted octanol–water partition coefficient (Wildman–Crippen LogP) is 1.91. The largest absolute Gasteiger partial charge is 0.495 e. The highest BCUT2D eigenvalue weighted by molar-refractivity contribution is 7.89. The minimum atomic E-state index is -3.75. The van der Waals surface area contributed by atoms with Gasteiger partial charge in [0.2, 0.25) is 10.0 Å². The Morgan fingerprint density at radius 3 is 2.57 bits per heavy atom. The second-order valence-electron chi connectivity index (χ2n) is 5.93. The molecule has 23 heavy (non-hydrogen) atoms. The Balaban J connectivity index is 2.35. The normalized spacial score (nSPS) is 21.7. The zero-order valence-electron chi connectivity index (χ0n) is 13.8. The number of rotatable bonds is 5. The van der Waals surface area contributed by atoms with Crippen molar-refractivity contribution in [1.29, 1.82) is 0 Å². The number of hydrogen-bond donors (Lipinski definition) is 2. The topological polar surface area (TPSA) is 84.5 Å². The molecule has 2 atom stereocenters. The van der Waals surface area contributed by atoms with E-state index in [-0.39, 0.29) is 28.2 Å². The van der Waals surface area contributed by atoms with Gasteiger partial charge in [-0.2, -0.15) is 0 Å². The van der Waals surface area contributed by atoms with Crippen molar-refractivity contribution in [1.82, 2.24) is 10.0 Å². The van der Waals surface area contributed by atoms with Gasteiger partial charge in [0, 0.05) is 18.7 Å². The zero-order chi connectivity index (χ0) is 17.0. The Morgan fingerprint density at radius 2 is 1.96 bits per heavy atom. The molecule has 0 spiro atoms. The molecule has 0 aromatic heterocycles. The molecule has 1 saturated carbocycles. The molecule has 2 rings (SSSR count). The van der Waals surface area contributed by atoms with Crippen LogP contribution >= 0.6 is 0 Å². The van der Waals surface area contributed by atoms with Crippen molar-refractivity contribution < 1.29 is 17.9 Å². The van der Waals surface area contributed by atoms with E-state index in [9.17, 15) is 13.2 Å². The summed E-state index contributed by atoms with van der Waals surface area (Å²) in [6.07, 6.45) is 4.00. The van der Waals surface area contributed by atoms with Gasteiger partial charge in [-0.15, -0.1) is 0 Å². The standard InChI is InChI=1S/C16H24N2O4S/c1-11-6-4-5-7-13(11)18-23(20,21)15-10-12(16(19)17-2)8-9-14(15)22-3/h8-11,13,18H,4-7H2,1-3H3,(H,17,19)/t11-,13-/m1/s1. The number of methoxy groups -OCH3 is 1. The number of ether oxygens (including phenoxy) is 1. The highest BCUT2D eigenvalue weighted by Gasteiger charge is 2.29. The van der Waals surface area contributed by atoms with Crippen LogP contribution in [0.5, 0.6) is 5.75 Å². The van der Waals surface area contributed by atoms with E-state index in [0.717, 1.165) is 25.7 Å². The van der Waals surface area contributed by atoms with Gasteiger partial charge in [0.25, 0.3) is 5.91 Å². The molecule has 0 radical (unpaired) electrons. The van der Waals surface area contributed by atoms with Crippen LogP contribution in [0.3, 0.4) is 0 Å². The van der Waals surface area contributed by atoms with Gasteiger partial charge in [-0.05, 0) is 37.0 Å². The number of amides is 1. The maximum Gasteiger partial charge on any atom is 0.251 e. The number of carbonyl (C=O) groups is 1. The minimum Gasteiger partial charge on any atom is -0.495 e. The molecule has 1 aromatic carbocycles. The number of carbonyl (C=O) groups excluding carboxylic acids is 1. The van der Waals surface area contributed by atoms with Crippen LogP contribution in [0.1, 0.15) is 43.0 Å². The van der Waals surface area contributed by atoms with Crippen LogP contribution in [0.4, 0.5) is 0 Å². The first-order valence-corrected chi connectivity index (χ1v) is 9.30. The van der Waals surface area contributed by atoms with Gasteiger partial charge in [0.1, 0.15) is 10.6 Å². The number of benzene rings is 1. The lowest BCUT2D eigenvalue weighted by Crippen LogP contribution is -2.41. The first-order valence-electron chi connectivity index (χ1n) is 7.81. The molecule has 0 unspecified atom stereocenters. The first-order chi connectivity index (χ1) is 10.9. The Hall–Kier alpha value is -1.60. The summed E-state index contributed by atoms with van der Waals surface area (Å²) in [5.74, 6) is 0.190. The third-order valence-electron chi connectivity index (χ3n) is 4.36. The van der Waals surface area contributed by atoms with Gasteiger partial charge in [0.05, 0.1) is 7.11 Å². The van der Waals surface area contributed by atoms with E-state index in [0.29, 0.717) is 5.92 Å². The maximum absolute atomic E-state index is 12.8. The van der Waals surface area contributed by atoms with Crippen LogP contribution < -0.4 is 14.8 Å².